The first kappa shape index (κ1) is 17.1. The molecule has 134 valence electrons. The number of thiazole rings is 1. The van der Waals surface area contributed by atoms with E-state index in [1.807, 2.05) is 43.5 Å². The summed E-state index contributed by atoms with van der Waals surface area (Å²) in [6, 6.07) is 7.77. The van der Waals surface area contributed by atoms with Crippen molar-refractivity contribution < 1.29 is 14.3 Å². The number of fused-ring (bicyclic) bond motifs is 1. The third-order valence-corrected chi connectivity index (χ3v) is 5.90. The molecule has 1 aromatic carbocycles. The van der Waals surface area contributed by atoms with Gasteiger partial charge in [0.1, 0.15) is 28.3 Å². The number of hydrogen-bond donors (Lipinski definition) is 1. The third kappa shape index (κ3) is 3.32. The van der Waals surface area contributed by atoms with Gasteiger partial charge in [0.2, 0.25) is 0 Å². The average molecular weight is 386 g/mol. The summed E-state index contributed by atoms with van der Waals surface area (Å²) in [5, 5.41) is 7.54. The van der Waals surface area contributed by atoms with Crippen LogP contribution in [0.1, 0.15) is 29.9 Å². The van der Waals surface area contributed by atoms with E-state index in [-0.39, 0.29) is 12.0 Å². The van der Waals surface area contributed by atoms with Crippen LogP contribution in [0.15, 0.2) is 35.0 Å². The Kier molecular flexibility index (Phi) is 4.65. The van der Waals surface area contributed by atoms with Gasteiger partial charge in [0.15, 0.2) is 0 Å². The zero-order valence-electron chi connectivity index (χ0n) is 14.4. The number of benzene rings is 1. The highest BCUT2D eigenvalue weighted by Gasteiger charge is 2.23. The molecular formula is C19H18N2O3S2. The van der Waals surface area contributed by atoms with E-state index in [1.165, 1.54) is 11.3 Å². The van der Waals surface area contributed by atoms with Crippen molar-refractivity contribution in [3.63, 3.8) is 0 Å². The van der Waals surface area contributed by atoms with Gasteiger partial charge in [-0.15, -0.1) is 22.7 Å². The average Bonchev–Trinajstić information content (AvgIpc) is 3.34. The number of carbonyl (C=O) groups excluding carboxylic acids is 1. The van der Waals surface area contributed by atoms with Gasteiger partial charge in [0, 0.05) is 23.4 Å². The Hall–Kier alpha value is -2.38. The van der Waals surface area contributed by atoms with Gasteiger partial charge in [0.05, 0.1) is 17.2 Å². The third-order valence-electron chi connectivity index (χ3n) is 4.02. The molecule has 0 unspecified atom stereocenters. The number of anilines is 1. The van der Waals surface area contributed by atoms with Crippen LogP contribution in [-0.2, 0) is 6.42 Å². The molecule has 0 fully saturated rings. The lowest BCUT2D eigenvalue weighted by Gasteiger charge is -2.13. The summed E-state index contributed by atoms with van der Waals surface area (Å²) in [4.78, 5) is 18.2. The first-order valence-corrected chi connectivity index (χ1v) is 10.2. The van der Waals surface area contributed by atoms with Gasteiger partial charge in [-0.3, -0.25) is 4.79 Å². The van der Waals surface area contributed by atoms with E-state index in [1.54, 1.807) is 16.7 Å². The molecule has 3 heterocycles. The molecule has 1 aliphatic heterocycles. The van der Waals surface area contributed by atoms with Crippen molar-refractivity contribution >= 4 is 34.3 Å². The summed E-state index contributed by atoms with van der Waals surface area (Å²) in [6.45, 7) is 4.48. The zero-order chi connectivity index (χ0) is 18.1. The summed E-state index contributed by atoms with van der Waals surface area (Å²) in [5.41, 5.74) is 2.11. The molecule has 0 saturated carbocycles. The number of hydrogen-bond acceptors (Lipinski definition) is 6. The van der Waals surface area contributed by atoms with Crippen molar-refractivity contribution in [2.75, 3.05) is 11.9 Å². The van der Waals surface area contributed by atoms with Crippen LogP contribution in [0.5, 0.6) is 11.5 Å². The summed E-state index contributed by atoms with van der Waals surface area (Å²) >= 11 is 3.07. The van der Waals surface area contributed by atoms with Crippen LogP contribution in [0, 0.1) is 0 Å². The van der Waals surface area contributed by atoms with Gasteiger partial charge in [-0.2, -0.15) is 0 Å². The minimum Gasteiger partial charge on any atom is -0.492 e. The van der Waals surface area contributed by atoms with Gasteiger partial charge in [-0.25, -0.2) is 4.98 Å². The van der Waals surface area contributed by atoms with E-state index in [0.717, 1.165) is 27.6 Å². The zero-order valence-corrected chi connectivity index (χ0v) is 16.1. The summed E-state index contributed by atoms with van der Waals surface area (Å²) in [6.07, 6.45) is 0.984. The number of aromatic nitrogens is 1. The second kappa shape index (κ2) is 7.09. The van der Waals surface area contributed by atoms with Gasteiger partial charge in [0.25, 0.3) is 5.91 Å². The predicted molar refractivity (Wildman–Crippen MR) is 105 cm³/mol. The Morgan fingerprint density at radius 1 is 1.42 bits per heavy atom. The number of thiophene rings is 1. The molecule has 7 heteroatoms. The lowest BCUT2D eigenvalue weighted by Crippen LogP contribution is -2.13. The normalized spacial score (nSPS) is 15.4. The molecule has 26 heavy (non-hydrogen) atoms. The maximum atomic E-state index is 12.7. The summed E-state index contributed by atoms with van der Waals surface area (Å²) in [7, 11) is 0. The fraction of sp³-hybridized carbons (Fsp3) is 0.263. The summed E-state index contributed by atoms with van der Waals surface area (Å²) in [5.74, 6) is 1.20. The van der Waals surface area contributed by atoms with Gasteiger partial charge >= 0.3 is 0 Å². The standard InChI is InChI=1S/C19H18N2O3S2/c1-3-23-16-8-12-7-11(2)24-15(12)9-13(16)20-18(22)14-10-26-19(21-14)17-5-4-6-25-17/h4-6,8-11H,3,7H2,1-2H3,(H,20,22)/t11-/m1/s1. The second-order valence-electron chi connectivity index (χ2n) is 5.99. The fourth-order valence-corrected chi connectivity index (χ4v) is 4.50. The molecule has 4 rings (SSSR count). The molecule has 5 nitrogen and oxygen atoms in total. The smallest absolute Gasteiger partial charge is 0.275 e. The van der Waals surface area contributed by atoms with Crippen LogP contribution >= 0.6 is 22.7 Å². The highest BCUT2D eigenvalue weighted by atomic mass is 32.1. The Bertz CT molecular complexity index is 934. The lowest BCUT2D eigenvalue weighted by atomic mass is 10.1. The highest BCUT2D eigenvalue weighted by molar-refractivity contribution is 7.20. The Morgan fingerprint density at radius 2 is 2.31 bits per heavy atom. The highest BCUT2D eigenvalue weighted by Crippen LogP contribution is 2.38. The molecule has 1 amide bonds. The first-order chi connectivity index (χ1) is 12.6. The fourth-order valence-electron chi connectivity index (χ4n) is 2.89. The maximum Gasteiger partial charge on any atom is 0.275 e. The minimum absolute atomic E-state index is 0.136. The lowest BCUT2D eigenvalue weighted by molar-refractivity contribution is 0.102. The van der Waals surface area contributed by atoms with E-state index in [2.05, 4.69) is 10.3 Å². The number of nitrogens with one attached hydrogen (secondary N) is 1. The largest absolute Gasteiger partial charge is 0.492 e. The number of nitrogens with zero attached hydrogens (tertiary/aromatic N) is 1. The maximum absolute atomic E-state index is 12.7. The SMILES string of the molecule is CCOc1cc2c(cc1NC(=O)c1csc(-c3cccs3)n1)O[C@H](C)C2. The number of amides is 1. The Balaban J connectivity index is 1.58. The van der Waals surface area contributed by atoms with Crippen molar-refractivity contribution in [1.29, 1.82) is 0 Å². The van der Waals surface area contributed by atoms with E-state index in [0.29, 0.717) is 23.7 Å². The number of carbonyl (C=O) groups is 1. The molecule has 1 aliphatic rings. The number of rotatable bonds is 5. The van der Waals surface area contributed by atoms with Crippen molar-refractivity contribution in [1.82, 2.24) is 4.98 Å². The predicted octanol–water partition coefficient (Wildman–Crippen LogP) is 4.85. The Morgan fingerprint density at radius 3 is 3.08 bits per heavy atom. The molecule has 0 radical (unpaired) electrons. The van der Waals surface area contributed by atoms with Crippen molar-refractivity contribution in [2.45, 2.75) is 26.4 Å². The van der Waals surface area contributed by atoms with Crippen molar-refractivity contribution in [3.8, 4) is 21.4 Å². The van der Waals surface area contributed by atoms with Gasteiger partial charge in [-0.05, 0) is 31.4 Å². The molecule has 0 bridgehead atoms. The molecule has 0 saturated heterocycles. The quantitative estimate of drug-likeness (QED) is 0.681. The molecule has 1 atom stereocenters. The van der Waals surface area contributed by atoms with E-state index in [9.17, 15) is 4.79 Å². The topological polar surface area (TPSA) is 60.5 Å². The monoisotopic (exact) mass is 386 g/mol. The van der Waals surface area contributed by atoms with Crippen LogP contribution < -0.4 is 14.8 Å². The van der Waals surface area contributed by atoms with Gasteiger partial charge in [-0.1, -0.05) is 6.07 Å². The molecule has 0 spiro atoms. The van der Waals surface area contributed by atoms with E-state index in [4.69, 9.17) is 9.47 Å². The van der Waals surface area contributed by atoms with E-state index < -0.39 is 0 Å². The van der Waals surface area contributed by atoms with Crippen LogP contribution in [-0.4, -0.2) is 23.6 Å². The Labute approximate surface area is 159 Å². The minimum atomic E-state index is -0.254. The van der Waals surface area contributed by atoms with E-state index >= 15 is 0 Å². The van der Waals surface area contributed by atoms with Crippen molar-refractivity contribution in [2.24, 2.45) is 0 Å². The molecular weight excluding hydrogens is 368 g/mol. The first-order valence-electron chi connectivity index (χ1n) is 8.41. The van der Waals surface area contributed by atoms with Crippen LogP contribution in [0.3, 0.4) is 0 Å². The summed E-state index contributed by atoms with van der Waals surface area (Å²) < 4.78 is 11.5. The molecule has 2 aromatic heterocycles. The van der Waals surface area contributed by atoms with Gasteiger partial charge < -0.3 is 14.8 Å². The molecule has 1 N–H and O–H groups in total. The molecule has 3 aromatic rings. The van der Waals surface area contributed by atoms with Crippen LogP contribution in [0.4, 0.5) is 5.69 Å². The number of ether oxygens (including phenoxy) is 2. The van der Waals surface area contributed by atoms with Crippen LogP contribution in [0.25, 0.3) is 9.88 Å². The molecule has 0 aliphatic carbocycles. The van der Waals surface area contributed by atoms with Crippen LogP contribution in [0.2, 0.25) is 0 Å². The second-order valence-corrected chi connectivity index (χ2v) is 7.80. The van der Waals surface area contributed by atoms with Crippen molar-refractivity contribution in [3.05, 3.63) is 46.3 Å².